The van der Waals surface area contributed by atoms with Crippen molar-refractivity contribution >= 4 is 40.6 Å². The summed E-state index contributed by atoms with van der Waals surface area (Å²) < 4.78 is 0. The number of nitrogens with one attached hydrogen (secondary N) is 1. The van der Waals surface area contributed by atoms with Gasteiger partial charge in [0.15, 0.2) is 0 Å². The molecule has 0 spiro atoms. The molecule has 4 aromatic carbocycles. The molecule has 5 rings (SSSR count). The Hall–Kier alpha value is -2.85. The molecule has 34 heavy (non-hydrogen) atoms. The molecule has 0 aromatic heterocycles. The lowest BCUT2D eigenvalue weighted by Gasteiger charge is -2.40. The van der Waals surface area contributed by atoms with E-state index < -0.39 is 0 Å². The number of amidine groups is 1. The second kappa shape index (κ2) is 11.1. The Labute approximate surface area is 212 Å². The van der Waals surface area contributed by atoms with Gasteiger partial charge in [0.25, 0.3) is 0 Å². The van der Waals surface area contributed by atoms with Gasteiger partial charge in [0.2, 0.25) is 0 Å². The van der Waals surface area contributed by atoms with E-state index in [9.17, 15) is 0 Å². The third-order valence-electron chi connectivity index (χ3n) is 6.59. The van der Waals surface area contributed by atoms with Gasteiger partial charge < -0.3 is 4.90 Å². The standard InChI is InChI=1S/C29H28ClN3.ClH/c30-28-25(16-15-22-9-7-8-14-26(22)28)21-27(31)32-17-19-33(20-18-32)29(23-10-3-1-4-11-23)24-12-5-2-6-13-24;/h1-16,29,31H,17-21H2;1H. The van der Waals surface area contributed by atoms with Crippen molar-refractivity contribution in [2.75, 3.05) is 26.2 Å². The van der Waals surface area contributed by atoms with Gasteiger partial charge in [0, 0.05) is 38.0 Å². The Kier molecular flexibility index (Phi) is 7.89. The number of fused-ring (bicyclic) bond motifs is 1. The summed E-state index contributed by atoms with van der Waals surface area (Å²) in [5, 5.41) is 11.7. The fourth-order valence-electron chi connectivity index (χ4n) is 4.84. The van der Waals surface area contributed by atoms with Gasteiger partial charge in [-0.25, -0.2) is 0 Å². The van der Waals surface area contributed by atoms with Crippen molar-refractivity contribution in [3.8, 4) is 0 Å². The van der Waals surface area contributed by atoms with Gasteiger partial charge in [-0.05, 0) is 22.1 Å². The van der Waals surface area contributed by atoms with Crippen LogP contribution in [0.3, 0.4) is 0 Å². The van der Waals surface area contributed by atoms with Crippen LogP contribution in [0.15, 0.2) is 97.1 Å². The zero-order valence-electron chi connectivity index (χ0n) is 19.0. The number of rotatable bonds is 5. The fourth-order valence-corrected chi connectivity index (χ4v) is 5.14. The maximum absolute atomic E-state index is 8.78. The molecule has 5 heteroatoms. The number of piperazine rings is 1. The minimum Gasteiger partial charge on any atom is -0.358 e. The van der Waals surface area contributed by atoms with Crippen LogP contribution in [-0.2, 0) is 6.42 Å². The minimum absolute atomic E-state index is 0. The smallest absolute Gasteiger partial charge is 0.100 e. The van der Waals surface area contributed by atoms with Crippen molar-refractivity contribution in [3.05, 3.63) is 119 Å². The molecular formula is C29H29Cl2N3. The SMILES string of the molecule is Cl.N=C(Cc1ccc2ccccc2c1Cl)N1CCN(C(c2ccccc2)c2ccccc2)CC1. The largest absolute Gasteiger partial charge is 0.358 e. The first-order valence-electron chi connectivity index (χ1n) is 11.5. The van der Waals surface area contributed by atoms with Crippen LogP contribution in [-0.4, -0.2) is 41.8 Å². The first-order chi connectivity index (χ1) is 16.2. The van der Waals surface area contributed by atoms with E-state index in [2.05, 4.69) is 94.7 Å². The van der Waals surface area contributed by atoms with Crippen molar-refractivity contribution in [2.24, 2.45) is 0 Å². The number of hydrogen-bond acceptors (Lipinski definition) is 2. The highest BCUT2D eigenvalue weighted by Crippen LogP contribution is 2.30. The third kappa shape index (κ3) is 5.12. The molecule has 0 aliphatic carbocycles. The third-order valence-corrected chi connectivity index (χ3v) is 7.04. The Morgan fingerprint density at radius 3 is 1.91 bits per heavy atom. The number of nitrogens with zero attached hydrogens (tertiary/aromatic N) is 2. The average Bonchev–Trinajstić information content (AvgIpc) is 2.88. The summed E-state index contributed by atoms with van der Waals surface area (Å²) in [5.41, 5.74) is 3.65. The molecule has 0 radical (unpaired) electrons. The predicted octanol–water partition coefficient (Wildman–Crippen LogP) is 6.84. The highest BCUT2D eigenvalue weighted by Gasteiger charge is 2.27. The predicted molar refractivity (Wildman–Crippen MR) is 146 cm³/mol. The van der Waals surface area contributed by atoms with Crippen molar-refractivity contribution in [1.82, 2.24) is 9.80 Å². The molecule has 1 saturated heterocycles. The molecule has 3 nitrogen and oxygen atoms in total. The second-order valence-corrected chi connectivity index (χ2v) is 9.01. The molecule has 0 saturated carbocycles. The van der Waals surface area contributed by atoms with Gasteiger partial charge in [-0.2, -0.15) is 0 Å². The molecule has 0 unspecified atom stereocenters. The zero-order chi connectivity index (χ0) is 22.6. The van der Waals surface area contributed by atoms with E-state index in [1.54, 1.807) is 0 Å². The Balaban J connectivity index is 0.00000274. The number of benzene rings is 4. The molecule has 0 bridgehead atoms. The van der Waals surface area contributed by atoms with Crippen LogP contribution in [0, 0.1) is 5.41 Å². The number of hydrogen-bond donors (Lipinski definition) is 1. The molecule has 174 valence electrons. The Morgan fingerprint density at radius 1 is 0.735 bits per heavy atom. The van der Waals surface area contributed by atoms with Crippen molar-refractivity contribution in [3.63, 3.8) is 0 Å². The molecule has 1 N–H and O–H groups in total. The van der Waals surface area contributed by atoms with Crippen molar-refractivity contribution in [2.45, 2.75) is 12.5 Å². The summed E-state index contributed by atoms with van der Waals surface area (Å²) in [6.07, 6.45) is 0.560. The van der Waals surface area contributed by atoms with Crippen LogP contribution in [0.4, 0.5) is 0 Å². The summed E-state index contributed by atoms with van der Waals surface area (Å²) in [6.45, 7) is 3.53. The lowest BCUT2D eigenvalue weighted by molar-refractivity contribution is 0.149. The Morgan fingerprint density at radius 2 is 1.29 bits per heavy atom. The molecule has 1 aliphatic heterocycles. The van der Waals surface area contributed by atoms with E-state index in [1.807, 2.05) is 12.1 Å². The maximum Gasteiger partial charge on any atom is 0.100 e. The highest BCUT2D eigenvalue weighted by atomic mass is 35.5. The normalized spacial score (nSPS) is 14.2. The molecule has 0 amide bonds. The lowest BCUT2D eigenvalue weighted by Crippen LogP contribution is -2.50. The molecule has 1 aliphatic rings. The van der Waals surface area contributed by atoms with Crippen molar-refractivity contribution in [1.29, 1.82) is 5.41 Å². The van der Waals surface area contributed by atoms with E-state index in [1.165, 1.54) is 11.1 Å². The van der Waals surface area contributed by atoms with Gasteiger partial charge >= 0.3 is 0 Å². The quantitative estimate of drug-likeness (QED) is 0.245. The topological polar surface area (TPSA) is 30.3 Å². The van der Waals surface area contributed by atoms with Crippen LogP contribution in [0.2, 0.25) is 5.02 Å². The first-order valence-corrected chi connectivity index (χ1v) is 11.9. The monoisotopic (exact) mass is 489 g/mol. The summed E-state index contributed by atoms with van der Waals surface area (Å²) in [7, 11) is 0. The maximum atomic E-state index is 8.78. The molecular weight excluding hydrogens is 461 g/mol. The van der Waals surface area contributed by atoms with Gasteiger partial charge in [-0.1, -0.05) is 109 Å². The van der Waals surface area contributed by atoms with Crippen LogP contribution >= 0.6 is 24.0 Å². The van der Waals surface area contributed by atoms with E-state index in [4.69, 9.17) is 17.0 Å². The lowest BCUT2D eigenvalue weighted by atomic mass is 9.96. The van der Waals surface area contributed by atoms with E-state index in [-0.39, 0.29) is 18.4 Å². The second-order valence-electron chi connectivity index (χ2n) is 8.63. The van der Waals surface area contributed by atoms with E-state index in [0.29, 0.717) is 12.3 Å². The van der Waals surface area contributed by atoms with Crippen LogP contribution in [0.5, 0.6) is 0 Å². The average molecular weight is 490 g/mol. The molecule has 1 fully saturated rings. The summed E-state index contributed by atoms with van der Waals surface area (Å²) in [4.78, 5) is 4.74. The van der Waals surface area contributed by atoms with E-state index in [0.717, 1.165) is 47.5 Å². The van der Waals surface area contributed by atoms with Gasteiger partial charge in [-0.3, -0.25) is 10.3 Å². The fraction of sp³-hybridized carbons (Fsp3) is 0.207. The summed E-state index contributed by atoms with van der Waals surface area (Å²) in [6, 6.07) is 34.0. The number of halogens is 2. The zero-order valence-corrected chi connectivity index (χ0v) is 20.6. The molecule has 1 heterocycles. The minimum atomic E-state index is 0. The van der Waals surface area contributed by atoms with Gasteiger partial charge in [-0.15, -0.1) is 12.4 Å². The van der Waals surface area contributed by atoms with Gasteiger partial charge in [0.05, 0.1) is 11.1 Å². The highest BCUT2D eigenvalue weighted by molar-refractivity contribution is 6.36. The first kappa shape index (κ1) is 24.3. The molecule has 0 atom stereocenters. The summed E-state index contributed by atoms with van der Waals surface area (Å²) >= 11 is 6.70. The van der Waals surface area contributed by atoms with Crippen LogP contribution in [0.25, 0.3) is 10.8 Å². The summed E-state index contributed by atoms with van der Waals surface area (Å²) in [5.74, 6) is 0.641. The van der Waals surface area contributed by atoms with Crippen LogP contribution in [0.1, 0.15) is 22.7 Å². The van der Waals surface area contributed by atoms with E-state index >= 15 is 0 Å². The van der Waals surface area contributed by atoms with Crippen LogP contribution < -0.4 is 0 Å². The Bertz CT molecular complexity index is 1200. The molecule has 4 aromatic rings. The van der Waals surface area contributed by atoms with Gasteiger partial charge in [0.1, 0.15) is 5.84 Å². The van der Waals surface area contributed by atoms with Crippen molar-refractivity contribution < 1.29 is 0 Å².